The van der Waals surface area contributed by atoms with Crippen LogP contribution in [0.5, 0.6) is 5.75 Å². The smallest absolute Gasteiger partial charge is 0.254 e. The van der Waals surface area contributed by atoms with Crippen molar-refractivity contribution in [1.29, 1.82) is 0 Å². The predicted octanol–water partition coefficient (Wildman–Crippen LogP) is 3.89. The van der Waals surface area contributed by atoms with Gasteiger partial charge in [0.25, 0.3) is 5.91 Å². The van der Waals surface area contributed by atoms with Crippen molar-refractivity contribution in [2.24, 2.45) is 0 Å². The normalized spacial score (nSPS) is 14.4. The average molecular weight is 426 g/mol. The zero-order chi connectivity index (χ0) is 16.8. The van der Waals surface area contributed by atoms with E-state index in [0.717, 1.165) is 42.6 Å². The van der Waals surface area contributed by atoms with Crippen LogP contribution in [0.15, 0.2) is 53.0 Å². The van der Waals surface area contributed by atoms with Gasteiger partial charge in [0.1, 0.15) is 12.4 Å². The van der Waals surface area contributed by atoms with Gasteiger partial charge in [0, 0.05) is 35.2 Å². The van der Waals surface area contributed by atoms with E-state index in [4.69, 9.17) is 4.74 Å². The highest BCUT2D eigenvalue weighted by Crippen LogP contribution is 2.20. The molecular weight excluding hydrogens is 404 g/mol. The van der Waals surface area contributed by atoms with Crippen LogP contribution in [-0.4, -0.2) is 37.0 Å². The molecule has 6 heteroatoms. The topological polar surface area (TPSA) is 41.6 Å². The maximum atomic E-state index is 12.7. The highest BCUT2D eigenvalue weighted by molar-refractivity contribution is 9.10. The van der Waals surface area contributed by atoms with Crippen molar-refractivity contribution in [1.82, 2.24) is 10.2 Å². The molecule has 3 rings (SSSR count). The highest BCUT2D eigenvalue weighted by Gasteiger charge is 2.17. The number of rotatable bonds is 4. The van der Waals surface area contributed by atoms with Crippen molar-refractivity contribution >= 4 is 34.2 Å². The molecule has 1 N–H and O–H groups in total. The summed E-state index contributed by atoms with van der Waals surface area (Å²) in [6.45, 7) is 3.84. The molecule has 4 nitrogen and oxygen atoms in total. The molecule has 0 unspecified atom stereocenters. The second kappa shape index (κ2) is 9.80. The Balaban J connectivity index is 0.00000225. The van der Waals surface area contributed by atoms with Gasteiger partial charge in [0.15, 0.2) is 0 Å². The van der Waals surface area contributed by atoms with Gasteiger partial charge in [-0.2, -0.15) is 0 Å². The first-order valence-electron chi connectivity index (χ1n) is 8.20. The minimum Gasteiger partial charge on any atom is -0.489 e. The maximum absolute atomic E-state index is 12.7. The molecule has 1 aliphatic rings. The SMILES string of the molecule is Cl.O=C(c1cccc(OCc2ccccc2Br)c1)N1CCCNCC1. The molecule has 0 atom stereocenters. The van der Waals surface area contributed by atoms with Crippen LogP contribution in [0.3, 0.4) is 0 Å². The number of amides is 1. The second-order valence-electron chi connectivity index (χ2n) is 5.80. The zero-order valence-corrected chi connectivity index (χ0v) is 16.3. The third kappa shape index (κ3) is 5.46. The molecule has 0 radical (unpaired) electrons. The molecule has 0 aliphatic carbocycles. The van der Waals surface area contributed by atoms with E-state index in [-0.39, 0.29) is 18.3 Å². The first-order valence-corrected chi connectivity index (χ1v) is 8.99. The Morgan fingerprint density at radius 2 is 1.96 bits per heavy atom. The number of benzene rings is 2. The van der Waals surface area contributed by atoms with Crippen LogP contribution >= 0.6 is 28.3 Å². The van der Waals surface area contributed by atoms with E-state index < -0.39 is 0 Å². The molecule has 25 heavy (non-hydrogen) atoms. The van der Waals surface area contributed by atoms with E-state index in [2.05, 4.69) is 21.2 Å². The second-order valence-corrected chi connectivity index (χ2v) is 6.66. The largest absolute Gasteiger partial charge is 0.489 e. The van der Waals surface area contributed by atoms with E-state index in [9.17, 15) is 4.79 Å². The van der Waals surface area contributed by atoms with E-state index in [1.54, 1.807) is 0 Å². The Hall–Kier alpha value is -1.56. The summed E-state index contributed by atoms with van der Waals surface area (Å²) >= 11 is 3.52. The van der Waals surface area contributed by atoms with Crippen molar-refractivity contribution < 1.29 is 9.53 Å². The molecule has 0 bridgehead atoms. The molecule has 0 saturated carbocycles. The van der Waals surface area contributed by atoms with Crippen molar-refractivity contribution in [2.75, 3.05) is 26.2 Å². The number of hydrogen-bond acceptors (Lipinski definition) is 3. The van der Waals surface area contributed by atoms with Crippen LogP contribution < -0.4 is 10.1 Å². The average Bonchev–Trinajstić information content (AvgIpc) is 2.90. The predicted molar refractivity (Wildman–Crippen MR) is 106 cm³/mol. The van der Waals surface area contributed by atoms with Gasteiger partial charge in [0.05, 0.1) is 0 Å². The zero-order valence-electron chi connectivity index (χ0n) is 13.9. The lowest BCUT2D eigenvalue weighted by atomic mass is 10.2. The number of ether oxygens (including phenoxy) is 1. The van der Waals surface area contributed by atoms with Crippen molar-refractivity contribution in [3.05, 3.63) is 64.1 Å². The quantitative estimate of drug-likeness (QED) is 0.808. The Morgan fingerprint density at radius 3 is 2.80 bits per heavy atom. The van der Waals surface area contributed by atoms with Gasteiger partial charge in [-0.25, -0.2) is 0 Å². The summed E-state index contributed by atoms with van der Waals surface area (Å²) in [5.74, 6) is 0.787. The van der Waals surface area contributed by atoms with Crippen molar-refractivity contribution in [2.45, 2.75) is 13.0 Å². The lowest BCUT2D eigenvalue weighted by Gasteiger charge is -2.20. The Bertz CT molecular complexity index is 703. The number of nitrogens with one attached hydrogen (secondary N) is 1. The summed E-state index contributed by atoms with van der Waals surface area (Å²) in [4.78, 5) is 14.6. The molecule has 2 aromatic carbocycles. The number of carbonyl (C=O) groups excluding carboxylic acids is 1. The van der Waals surface area contributed by atoms with Crippen LogP contribution in [0.4, 0.5) is 0 Å². The van der Waals surface area contributed by atoms with E-state index in [1.807, 2.05) is 53.4 Å². The first kappa shape index (κ1) is 19.8. The maximum Gasteiger partial charge on any atom is 0.254 e. The number of carbonyl (C=O) groups is 1. The molecular formula is C19H22BrClN2O2. The molecule has 1 fully saturated rings. The van der Waals surface area contributed by atoms with Crippen molar-refractivity contribution in [3.8, 4) is 5.75 Å². The Morgan fingerprint density at radius 1 is 1.12 bits per heavy atom. The van der Waals surface area contributed by atoms with Gasteiger partial charge >= 0.3 is 0 Å². The van der Waals surface area contributed by atoms with Crippen LogP contribution in [0.1, 0.15) is 22.3 Å². The van der Waals surface area contributed by atoms with Crippen LogP contribution in [-0.2, 0) is 6.61 Å². The summed E-state index contributed by atoms with van der Waals surface area (Å²) in [5.41, 5.74) is 1.76. The minimum atomic E-state index is 0. The third-order valence-corrected chi connectivity index (χ3v) is 4.83. The van der Waals surface area contributed by atoms with Crippen molar-refractivity contribution in [3.63, 3.8) is 0 Å². The minimum absolute atomic E-state index is 0. The third-order valence-electron chi connectivity index (χ3n) is 4.06. The molecule has 1 aliphatic heterocycles. The summed E-state index contributed by atoms with van der Waals surface area (Å²) in [6.07, 6.45) is 0.990. The van der Waals surface area contributed by atoms with E-state index in [0.29, 0.717) is 17.9 Å². The molecule has 0 aromatic heterocycles. The number of nitrogens with zero attached hydrogens (tertiary/aromatic N) is 1. The summed E-state index contributed by atoms with van der Waals surface area (Å²) < 4.78 is 6.89. The fourth-order valence-corrected chi connectivity index (χ4v) is 3.13. The standard InChI is InChI=1S/C19H21BrN2O2.ClH/c20-18-8-2-1-5-16(18)14-24-17-7-3-6-15(13-17)19(23)22-11-4-9-21-10-12-22;/h1-3,5-8,13,21H,4,9-12,14H2;1H. The molecule has 2 aromatic rings. The molecule has 134 valence electrons. The monoisotopic (exact) mass is 424 g/mol. The Labute approximate surface area is 163 Å². The van der Waals surface area contributed by atoms with Gasteiger partial charge in [-0.1, -0.05) is 40.2 Å². The fourth-order valence-electron chi connectivity index (χ4n) is 2.73. The number of hydrogen-bond donors (Lipinski definition) is 1. The summed E-state index contributed by atoms with van der Waals surface area (Å²) in [7, 11) is 0. The van der Waals surface area contributed by atoms with Crippen LogP contribution in [0.25, 0.3) is 0 Å². The van der Waals surface area contributed by atoms with Crippen LogP contribution in [0.2, 0.25) is 0 Å². The lowest BCUT2D eigenvalue weighted by molar-refractivity contribution is 0.0766. The van der Waals surface area contributed by atoms with E-state index >= 15 is 0 Å². The van der Waals surface area contributed by atoms with E-state index in [1.165, 1.54) is 0 Å². The van der Waals surface area contributed by atoms with Gasteiger partial charge in [-0.05, 0) is 37.2 Å². The summed E-state index contributed by atoms with van der Waals surface area (Å²) in [6, 6.07) is 15.4. The van der Waals surface area contributed by atoms with Gasteiger partial charge in [0.2, 0.25) is 0 Å². The lowest BCUT2D eigenvalue weighted by Crippen LogP contribution is -2.34. The van der Waals surface area contributed by atoms with Gasteiger partial charge < -0.3 is 15.0 Å². The molecule has 1 amide bonds. The van der Waals surface area contributed by atoms with Gasteiger partial charge in [-0.15, -0.1) is 12.4 Å². The first-order chi connectivity index (χ1) is 11.7. The molecule has 1 heterocycles. The van der Waals surface area contributed by atoms with Gasteiger partial charge in [-0.3, -0.25) is 4.79 Å². The number of halogens is 2. The fraction of sp³-hybridized carbons (Fsp3) is 0.316. The molecule has 0 spiro atoms. The summed E-state index contributed by atoms with van der Waals surface area (Å²) in [5, 5.41) is 3.32. The van der Waals surface area contributed by atoms with Crippen LogP contribution in [0, 0.1) is 0 Å². The Kier molecular flexibility index (Phi) is 7.75. The highest BCUT2D eigenvalue weighted by atomic mass is 79.9. The molecule has 1 saturated heterocycles.